The average Bonchev–Trinajstić information content (AvgIpc) is 2.95. The summed E-state index contributed by atoms with van der Waals surface area (Å²) in [5, 5.41) is 3.01. The van der Waals surface area contributed by atoms with Gasteiger partial charge in [-0.3, -0.25) is 4.79 Å². The van der Waals surface area contributed by atoms with E-state index in [1.165, 1.54) is 0 Å². The van der Waals surface area contributed by atoms with Crippen LogP contribution in [0.2, 0.25) is 0 Å². The maximum atomic E-state index is 12.4. The lowest BCUT2D eigenvalue weighted by Gasteiger charge is -2.12. The summed E-state index contributed by atoms with van der Waals surface area (Å²) in [6, 6.07) is 15.8. The lowest BCUT2D eigenvalue weighted by atomic mass is 10.1. The predicted molar refractivity (Wildman–Crippen MR) is 102 cm³/mol. The van der Waals surface area contributed by atoms with Crippen LogP contribution in [0.3, 0.4) is 0 Å². The van der Waals surface area contributed by atoms with Crippen molar-refractivity contribution >= 4 is 16.9 Å². The molecule has 130 valence electrons. The van der Waals surface area contributed by atoms with E-state index in [-0.39, 0.29) is 5.91 Å². The van der Waals surface area contributed by atoms with Crippen LogP contribution in [0.5, 0.6) is 0 Å². The van der Waals surface area contributed by atoms with Crippen LogP contribution in [0.1, 0.15) is 42.0 Å². The molecule has 0 spiro atoms. The van der Waals surface area contributed by atoms with Gasteiger partial charge >= 0.3 is 0 Å². The van der Waals surface area contributed by atoms with Gasteiger partial charge in [0, 0.05) is 12.1 Å². The molecule has 0 saturated carbocycles. The molecule has 0 unspecified atom stereocenters. The Kier molecular flexibility index (Phi) is 5.17. The Morgan fingerprint density at radius 1 is 1.16 bits per heavy atom. The number of benzene rings is 2. The first-order valence-corrected chi connectivity index (χ1v) is 8.83. The molecular weight excluding hydrogens is 310 g/mol. The Hall–Kier alpha value is -2.62. The van der Waals surface area contributed by atoms with Crippen LogP contribution in [0.15, 0.2) is 48.5 Å². The fourth-order valence-electron chi connectivity index (χ4n) is 2.94. The van der Waals surface area contributed by atoms with Gasteiger partial charge in [0.15, 0.2) is 0 Å². The molecule has 1 aromatic heterocycles. The average molecular weight is 335 g/mol. The number of nitrogens with one attached hydrogen (secondary N) is 1. The third kappa shape index (κ3) is 4.08. The number of aromatic nitrogens is 2. The van der Waals surface area contributed by atoms with Crippen LogP contribution < -0.4 is 5.32 Å². The molecule has 3 rings (SSSR count). The van der Waals surface area contributed by atoms with Gasteiger partial charge < -0.3 is 9.88 Å². The van der Waals surface area contributed by atoms with Crippen molar-refractivity contribution in [3.05, 3.63) is 65.5 Å². The van der Waals surface area contributed by atoms with Crippen LogP contribution in [0, 0.1) is 12.8 Å². The fraction of sp³-hybridized carbons (Fsp3) is 0.333. The molecule has 0 atom stereocenters. The summed E-state index contributed by atoms with van der Waals surface area (Å²) < 4.78 is 2.23. The summed E-state index contributed by atoms with van der Waals surface area (Å²) in [5.74, 6) is 1.46. The van der Waals surface area contributed by atoms with E-state index >= 15 is 0 Å². The Morgan fingerprint density at radius 3 is 2.72 bits per heavy atom. The van der Waals surface area contributed by atoms with Gasteiger partial charge in [0.05, 0.1) is 17.6 Å². The van der Waals surface area contributed by atoms with E-state index in [4.69, 9.17) is 4.98 Å². The van der Waals surface area contributed by atoms with E-state index in [9.17, 15) is 4.79 Å². The van der Waals surface area contributed by atoms with Crippen LogP contribution >= 0.6 is 0 Å². The molecule has 2 aromatic carbocycles. The second kappa shape index (κ2) is 7.51. The van der Waals surface area contributed by atoms with Gasteiger partial charge in [0.2, 0.25) is 0 Å². The molecule has 0 fully saturated rings. The molecule has 0 saturated heterocycles. The summed E-state index contributed by atoms with van der Waals surface area (Å²) in [6.07, 6.45) is 1.08. The van der Waals surface area contributed by atoms with E-state index in [1.54, 1.807) is 0 Å². The molecule has 25 heavy (non-hydrogen) atoms. The van der Waals surface area contributed by atoms with Gasteiger partial charge in [-0.1, -0.05) is 43.7 Å². The number of imidazole rings is 1. The number of amides is 1. The highest BCUT2D eigenvalue weighted by Crippen LogP contribution is 2.18. The van der Waals surface area contributed by atoms with E-state index in [0.717, 1.165) is 35.4 Å². The van der Waals surface area contributed by atoms with Crippen LogP contribution in [0.4, 0.5) is 0 Å². The smallest absolute Gasteiger partial charge is 0.251 e. The van der Waals surface area contributed by atoms with Gasteiger partial charge in [0.25, 0.3) is 5.91 Å². The molecule has 0 aliphatic carbocycles. The molecule has 3 aromatic rings. The number of carbonyl (C=O) groups is 1. The minimum absolute atomic E-state index is 0.0637. The largest absolute Gasteiger partial charge is 0.345 e. The van der Waals surface area contributed by atoms with Crippen molar-refractivity contribution < 1.29 is 4.79 Å². The number of hydrogen-bond donors (Lipinski definition) is 1. The molecule has 1 heterocycles. The molecule has 0 bridgehead atoms. The van der Waals surface area contributed by atoms with Gasteiger partial charge in [-0.05, 0) is 43.5 Å². The van der Waals surface area contributed by atoms with E-state index in [0.29, 0.717) is 18.0 Å². The van der Waals surface area contributed by atoms with Crippen molar-refractivity contribution in [3.8, 4) is 0 Å². The van der Waals surface area contributed by atoms with Crippen molar-refractivity contribution in [1.82, 2.24) is 14.9 Å². The highest BCUT2D eigenvalue weighted by molar-refractivity contribution is 5.94. The fourth-order valence-corrected chi connectivity index (χ4v) is 2.94. The van der Waals surface area contributed by atoms with Gasteiger partial charge in [-0.15, -0.1) is 0 Å². The first kappa shape index (κ1) is 17.2. The van der Waals surface area contributed by atoms with Gasteiger partial charge in [-0.2, -0.15) is 0 Å². The molecule has 0 aliphatic heterocycles. The minimum Gasteiger partial charge on any atom is -0.345 e. The van der Waals surface area contributed by atoms with Crippen molar-refractivity contribution in [2.45, 2.75) is 40.3 Å². The zero-order valence-corrected chi connectivity index (χ0v) is 15.1. The van der Waals surface area contributed by atoms with E-state index < -0.39 is 0 Å². The molecule has 4 heteroatoms. The lowest BCUT2D eigenvalue weighted by Crippen LogP contribution is -2.25. The summed E-state index contributed by atoms with van der Waals surface area (Å²) in [4.78, 5) is 17.1. The number of hydrogen-bond acceptors (Lipinski definition) is 2. The Morgan fingerprint density at radius 2 is 1.96 bits per heavy atom. The SMILES string of the molecule is Cc1cccc(C(=O)NCc2nc3ccccc3n2CCC(C)C)c1. The molecular formula is C21H25N3O. The van der Waals surface area contributed by atoms with Crippen molar-refractivity contribution in [3.63, 3.8) is 0 Å². The summed E-state index contributed by atoms with van der Waals surface area (Å²) in [6.45, 7) is 7.77. The Bertz CT molecular complexity index is 880. The van der Waals surface area contributed by atoms with Gasteiger partial charge in [0.1, 0.15) is 5.82 Å². The molecule has 1 N–H and O–H groups in total. The first-order chi connectivity index (χ1) is 12.0. The normalized spacial score (nSPS) is 11.2. The van der Waals surface area contributed by atoms with Crippen LogP contribution in [-0.4, -0.2) is 15.5 Å². The molecule has 0 radical (unpaired) electrons. The highest BCUT2D eigenvalue weighted by Gasteiger charge is 2.12. The Labute approximate surface area is 148 Å². The predicted octanol–water partition coefficient (Wildman–Crippen LogP) is 4.32. The number of rotatable bonds is 6. The van der Waals surface area contributed by atoms with E-state index in [2.05, 4.69) is 29.8 Å². The van der Waals surface area contributed by atoms with Crippen molar-refractivity contribution in [1.29, 1.82) is 0 Å². The molecule has 0 aliphatic rings. The number of nitrogens with zero attached hydrogens (tertiary/aromatic N) is 2. The quantitative estimate of drug-likeness (QED) is 0.729. The monoisotopic (exact) mass is 335 g/mol. The number of para-hydroxylation sites is 2. The van der Waals surface area contributed by atoms with E-state index in [1.807, 2.05) is 49.4 Å². The number of fused-ring (bicyclic) bond motifs is 1. The summed E-state index contributed by atoms with van der Waals surface area (Å²) >= 11 is 0. The second-order valence-electron chi connectivity index (χ2n) is 6.90. The van der Waals surface area contributed by atoms with Gasteiger partial charge in [-0.25, -0.2) is 4.98 Å². The van der Waals surface area contributed by atoms with Crippen molar-refractivity contribution in [2.75, 3.05) is 0 Å². The highest BCUT2D eigenvalue weighted by atomic mass is 16.1. The maximum Gasteiger partial charge on any atom is 0.251 e. The standard InChI is InChI=1S/C21H25N3O/c1-15(2)11-12-24-19-10-5-4-9-18(19)23-20(24)14-22-21(25)17-8-6-7-16(3)13-17/h4-10,13,15H,11-12,14H2,1-3H3,(H,22,25). The minimum atomic E-state index is -0.0637. The number of aryl methyl sites for hydroxylation is 2. The second-order valence-corrected chi connectivity index (χ2v) is 6.90. The van der Waals surface area contributed by atoms with Crippen LogP contribution in [-0.2, 0) is 13.1 Å². The number of carbonyl (C=O) groups excluding carboxylic acids is 1. The molecule has 4 nitrogen and oxygen atoms in total. The topological polar surface area (TPSA) is 46.9 Å². The van der Waals surface area contributed by atoms with Crippen molar-refractivity contribution in [2.24, 2.45) is 5.92 Å². The maximum absolute atomic E-state index is 12.4. The zero-order valence-electron chi connectivity index (χ0n) is 15.1. The zero-order chi connectivity index (χ0) is 17.8. The lowest BCUT2D eigenvalue weighted by molar-refractivity contribution is 0.0949. The van der Waals surface area contributed by atoms with Crippen LogP contribution in [0.25, 0.3) is 11.0 Å². The molecule has 1 amide bonds. The third-order valence-corrected chi connectivity index (χ3v) is 4.35. The Balaban J connectivity index is 1.80. The summed E-state index contributed by atoms with van der Waals surface area (Å²) in [7, 11) is 0. The first-order valence-electron chi connectivity index (χ1n) is 8.83. The third-order valence-electron chi connectivity index (χ3n) is 4.35. The summed E-state index contributed by atoms with van der Waals surface area (Å²) in [5.41, 5.74) is 3.87.